The molecule has 31 heavy (non-hydrogen) atoms. The molecular formula is C20H19Cl2N5O3S. The Balaban J connectivity index is 1.62. The molecule has 0 aliphatic carbocycles. The van der Waals surface area contributed by atoms with Crippen LogP contribution in [-0.4, -0.2) is 54.7 Å². The number of hydrogen-bond donors (Lipinski definition) is 2. The van der Waals surface area contributed by atoms with E-state index in [2.05, 4.69) is 10.3 Å². The van der Waals surface area contributed by atoms with E-state index in [1.807, 2.05) is 0 Å². The number of nitrogen functional groups attached to an aromatic ring is 1. The Hall–Kier alpha value is -2.59. The monoisotopic (exact) mass is 479 g/mol. The van der Waals surface area contributed by atoms with Gasteiger partial charge in [0.2, 0.25) is 5.91 Å². The first-order valence-corrected chi connectivity index (χ1v) is 11.0. The van der Waals surface area contributed by atoms with Crippen LogP contribution in [0.4, 0.5) is 21.3 Å². The molecule has 162 valence electrons. The number of anilines is 3. The zero-order chi connectivity index (χ0) is 22.0. The number of aromatic nitrogens is 1. The average Bonchev–Trinajstić information content (AvgIpc) is 3.10. The Kier molecular flexibility index (Phi) is 6.47. The van der Waals surface area contributed by atoms with Crippen molar-refractivity contribution in [3.63, 3.8) is 0 Å². The van der Waals surface area contributed by atoms with Gasteiger partial charge in [0.05, 0.1) is 27.5 Å². The minimum atomic E-state index is -0.387. The van der Waals surface area contributed by atoms with Crippen molar-refractivity contribution in [3.05, 3.63) is 46.4 Å². The SMILES string of the molecule is Nc1nc2cc(Cl)c(N(CCN3CCOCC3=O)C(=O)Nc3ccc(Cl)cc3)cc2s1. The number of hydrogen-bond acceptors (Lipinski definition) is 6. The number of ether oxygens (including phenoxy) is 1. The van der Waals surface area contributed by atoms with Crippen LogP contribution >= 0.6 is 34.5 Å². The van der Waals surface area contributed by atoms with Crippen molar-refractivity contribution in [2.45, 2.75) is 0 Å². The van der Waals surface area contributed by atoms with Gasteiger partial charge in [-0.15, -0.1) is 0 Å². The Bertz CT molecular complexity index is 1120. The van der Waals surface area contributed by atoms with Gasteiger partial charge < -0.3 is 20.7 Å². The number of thiazole rings is 1. The molecule has 3 N–H and O–H groups in total. The number of benzene rings is 2. The Labute approximate surface area is 192 Å². The number of nitrogens with two attached hydrogens (primary N) is 1. The smallest absolute Gasteiger partial charge is 0.326 e. The number of carbonyl (C=O) groups is 2. The molecule has 1 aromatic heterocycles. The second-order valence-electron chi connectivity index (χ2n) is 6.85. The molecule has 1 aliphatic rings. The molecule has 0 atom stereocenters. The molecule has 8 nitrogen and oxygen atoms in total. The normalized spacial score (nSPS) is 14.1. The zero-order valence-corrected chi connectivity index (χ0v) is 18.6. The standard InChI is InChI=1S/C20H19Cl2N5O3S/c21-12-1-3-13(4-2-12)24-20(29)27(6-5-26-7-8-30-11-18(26)28)16-10-17-15(9-14(16)22)25-19(23)31-17/h1-4,9-10H,5-8,11H2,(H2,23,25)(H,24,29). The van der Waals surface area contributed by atoms with Gasteiger partial charge in [0.15, 0.2) is 5.13 Å². The maximum Gasteiger partial charge on any atom is 0.326 e. The summed E-state index contributed by atoms with van der Waals surface area (Å²) in [5.74, 6) is -0.110. The molecule has 0 spiro atoms. The van der Waals surface area contributed by atoms with Gasteiger partial charge >= 0.3 is 6.03 Å². The van der Waals surface area contributed by atoms with E-state index in [0.717, 1.165) is 4.70 Å². The van der Waals surface area contributed by atoms with Crippen LogP contribution in [0, 0.1) is 0 Å². The van der Waals surface area contributed by atoms with Crippen molar-refractivity contribution >= 4 is 73.2 Å². The Morgan fingerprint density at radius 3 is 2.81 bits per heavy atom. The van der Waals surface area contributed by atoms with Gasteiger partial charge in [-0.25, -0.2) is 9.78 Å². The highest BCUT2D eigenvalue weighted by Crippen LogP contribution is 2.35. The molecule has 1 aliphatic heterocycles. The number of urea groups is 1. The van der Waals surface area contributed by atoms with Gasteiger partial charge in [0.1, 0.15) is 6.61 Å². The summed E-state index contributed by atoms with van der Waals surface area (Å²) in [5.41, 5.74) is 7.57. The number of nitrogens with one attached hydrogen (secondary N) is 1. The summed E-state index contributed by atoms with van der Waals surface area (Å²) in [6.07, 6.45) is 0. The Morgan fingerprint density at radius 1 is 1.29 bits per heavy atom. The molecule has 0 unspecified atom stereocenters. The van der Waals surface area contributed by atoms with Crippen LogP contribution < -0.4 is 16.0 Å². The lowest BCUT2D eigenvalue weighted by Crippen LogP contribution is -2.47. The number of rotatable bonds is 5. The summed E-state index contributed by atoms with van der Waals surface area (Å²) in [7, 11) is 0. The highest BCUT2D eigenvalue weighted by Gasteiger charge is 2.24. The Morgan fingerprint density at radius 2 is 2.06 bits per heavy atom. The molecule has 2 heterocycles. The van der Waals surface area contributed by atoms with Crippen molar-refractivity contribution < 1.29 is 14.3 Å². The molecular weight excluding hydrogens is 461 g/mol. The summed E-state index contributed by atoms with van der Waals surface area (Å²) >= 11 is 13.8. The van der Waals surface area contributed by atoms with Crippen molar-refractivity contribution in [2.24, 2.45) is 0 Å². The van der Waals surface area contributed by atoms with E-state index in [-0.39, 0.29) is 25.1 Å². The van der Waals surface area contributed by atoms with Gasteiger partial charge in [0.25, 0.3) is 0 Å². The lowest BCUT2D eigenvalue weighted by Gasteiger charge is -2.30. The molecule has 1 fully saturated rings. The zero-order valence-electron chi connectivity index (χ0n) is 16.3. The molecule has 0 saturated carbocycles. The maximum atomic E-state index is 13.2. The summed E-state index contributed by atoms with van der Waals surface area (Å²) in [6.45, 7) is 1.57. The van der Waals surface area contributed by atoms with Crippen LogP contribution in [0.2, 0.25) is 10.0 Å². The maximum absolute atomic E-state index is 13.2. The quantitative estimate of drug-likeness (QED) is 0.573. The van der Waals surface area contributed by atoms with E-state index in [9.17, 15) is 9.59 Å². The first-order valence-electron chi connectivity index (χ1n) is 9.46. The fraction of sp³-hybridized carbons (Fsp3) is 0.250. The van der Waals surface area contributed by atoms with Crippen LogP contribution in [0.5, 0.6) is 0 Å². The molecule has 0 bridgehead atoms. The van der Waals surface area contributed by atoms with E-state index in [1.165, 1.54) is 16.2 Å². The van der Waals surface area contributed by atoms with E-state index >= 15 is 0 Å². The molecule has 3 aromatic rings. The second kappa shape index (κ2) is 9.27. The minimum absolute atomic E-state index is 0.0455. The van der Waals surface area contributed by atoms with Crippen molar-refractivity contribution in [1.82, 2.24) is 9.88 Å². The van der Waals surface area contributed by atoms with Gasteiger partial charge in [-0.3, -0.25) is 9.69 Å². The predicted molar refractivity (Wildman–Crippen MR) is 124 cm³/mol. The van der Waals surface area contributed by atoms with E-state index < -0.39 is 0 Å². The fourth-order valence-corrected chi connectivity index (χ4v) is 4.36. The second-order valence-corrected chi connectivity index (χ2v) is 8.75. The predicted octanol–water partition coefficient (Wildman–Crippen LogP) is 4.08. The third kappa shape index (κ3) is 5.01. The van der Waals surface area contributed by atoms with Crippen LogP contribution in [0.3, 0.4) is 0 Å². The number of morpholine rings is 1. The molecule has 4 rings (SSSR count). The largest absolute Gasteiger partial charge is 0.375 e. The number of carbonyl (C=O) groups excluding carboxylic acids is 2. The highest BCUT2D eigenvalue weighted by molar-refractivity contribution is 7.22. The molecule has 1 saturated heterocycles. The lowest BCUT2D eigenvalue weighted by molar-refractivity contribution is -0.142. The van der Waals surface area contributed by atoms with E-state index in [4.69, 9.17) is 33.7 Å². The fourth-order valence-electron chi connectivity index (χ4n) is 3.23. The minimum Gasteiger partial charge on any atom is -0.375 e. The number of amides is 3. The van der Waals surface area contributed by atoms with E-state index in [1.54, 1.807) is 41.3 Å². The lowest BCUT2D eigenvalue weighted by atomic mass is 10.2. The first kappa shape index (κ1) is 21.6. The van der Waals surface area contributed by atoms with Crippen LogP contribution in [0.15, 0.2) is 36.4 Å². The van der Waals surface area contributed by atoms with E-state index in [0.29, 0.717) is 51.8 Å². The summed E-state index contributed by atoms with van der Waals surface area (Å²) < 4.78 is 5.98. The van der Waals surface area contributed by atoms with Gasteiger partial charge in [0, 0.05) is 30.3 Å². The molecule has 3 amide bonds. The number of halogens is 2. The first-order chi connectivity index (χ1) is 14.9. The summed E-state index contributed by atoms with van der Waals surface area (Å²) in [6, 6.07) is 9.87. The van der Waals surface area contributed by atoms with Crippen LogP contribution in [-0.2, 0) is 9.53 Å². The van der Waals surface area contributed by atoms with Crippen molar-refractivity contribution in [1.29, 1.82) is 0 Å². The summed E-state index contributed by atoms with van der Waals surface area (Å²) in [5, 5.41) is 4.19. The third-order valence-electron chi connectivity index (χ3n) is 4.78. The molecule has 2 aromatic carbocycles. The molecule has 0 radical (unpaired) electrons. The number of fused-ring (bicyclic) bond motifs is 1. The number of nitrogens with zero attached hydrogens (tertiary/aromatic N) is 3. The van der Waals surface area contributed by atoms with Crippen LogP contribution in [0.1, 0.15) is 0 Å². The van der Waals surface area contributed by atoms with Crippen molar-refractivity contribution in [2.75, 3.05) is 48.8 Å². The third-order valence-corrected chi connectivity index (χ3v) is 6.18. The highest BCUT2D eigenvalue weighted by atomic mass is 35.5. The average molecular weight is 480 g/mol. The van der Waals surface area contributed by atoms with Gasteiger partial charge in [-0.1, -0.05) is 34.5 Å². The van der Waals surface area contributed by atoms with Crippen LogP contribution in [0.25, 0.3) is 10.2 Å². The van der Waals surface area contributed by atoms with Gasteiger partial charge in [-0.2, -0.15) is 0 Å². The molecule has 11 heteroatoms. The topological polar surface area (TPSA) is 101 Å². The van der Waals surface area contributed by atoms with Crippen molar-refractivity contribution in [3.8, 4) is 0 Å². The van der Waals surface area contributed by atoms with Gasteiger partial charge in [-0.05, 0) is 36.4 Å². The summed E-state index contributed by atoms with van der Waals surface area (Å²) in [4.78, 5) is 32.7.